The summed E-state index contributed by atoms with van der Waals surface area (Å²) in [5, 5.41) is 7.71. The van der Waals surface area contributed by atoms with Crippen LogP contribution in [0.1, 0.15) is 16.7 Å². The average molecular weight is 277 g/mol. The highest BCUT2D eigenvalue weighted by atomic mass is 15.3. The normalized spacial score (nSPS) is 10.5. The van der Waals surface area contributed by atoms with Crippen LogP contribution in [-0.4, -0.2) is 9.78 Å². The molecule has 1 aromatic heterocycles. The molecule has 0 saturated heterocycles. The summed E-state index contributed by atoms with van der Waals surface area (Å²) in [6.07, 6.45) is 3.78. The predicted molar refractivity (Wildman–Crippen MR) is 86.3 cm³/mol. The Hall–Kier alpha value is -2.55. The topological polar surface area (TPSA) is 29.9 Å². The Morgan fingerprint density at radius 2 is 1.86 bits per heavy atom. The molecule has 21 heavy (non-hydrogen) atoms. The van der Waals surface area contributed by atoms with Gasteiger partial charge in [-0.15, -0.1) is 0 Å². The van der Waals surface area contributed by atoms with Crippen molar-refractivity contribution in [2.45, 2.75) is 20.0 Å². The summed E-state index contributed by atoms with van der Waals surface area (Å²) in [6.45, 7) is 3.74. The lowest BCUT2D eigenvalue weighted by molar-refractivity contribution is 0.687. The Morgan fingerprint density at radius 1 is 1.00 bits per heavy atom. The number of aryl methyl sites for hydroxylation is 1. The molecule has 0 aliphatic rings. The molecule has 3 rings (SSSR count). The first-order valence-corrected chi connectivity index (χ1v) is 7.15. The van der Waals surface area contributed by atoms with Gasteiger partial charge < -0.3 is 5.32 Å². The second kappa shape index (κ2) is 6.27. The first kappa shape index (κ1) is 13.4. The fourth-order valence-electron chi connectivity index (χ4n) is 2.27. The van der Waals surface area contributed by atoms with E-state index in [1.165, 1.54) is 16.7 Å². The number of benzene rings is 2. The van der Waals surface area contributed by atoms with Crippen LogP contribution in [0.15, 0.2) is 67.0 Å². The van der Waals surface area contributed by atoms with Gasteiger partial charge in [-0.25, -0.2) is 0 Å². The molecule has 0 spiro atoms. The molecule has 0 radical (unpaired) electrons. The number of hydrogen-bond acceptors (Lipinski definition) is 2. The zero-order chi connectivity index (χ0) is 14.5. The number of aromatic nitrogens is 2. The summed E-state index contributed by atoms with van der Waals surface area (Å²) in [7, 11) is 0. The summed E-state index contributed by atoms with van der Waals surface area (Å²) in [6, 6.07) is 19.0. The molecule has 0 bridgehead atoms. The van der Waals surface area contributed by atoms with Crippen LogP contribution in [-0.2, 0) is 13.1 Å². The smallest absolute Gasteiger partial charge is 0.0660 e. The van der Waals surface area contributed by atoms with Crippen LogP contribution in [0.4, 0.5) is 5.69 Å². The third-order valence-corrected chi connectivity index (χ3v) is 3.45. The van der Waals surface area contributed by atoms with Gasteiger partial charge in [0, 0.05) is 24.6 Å². The second-order valence-corrected chi connectivity index (χ2v) is 5.24. The highest BCUT2D eigenvalue weighted by molar-refractivity contribution is 5.46. The largest absolute Gasteiger partial charge is 0.381 e. The SMILES string of the molecule is Cc1ccc(CNc2cccc(Cn3cccn3)c2)cc1. The maximum Gasteiger partial charge on any atom is 0.0660 e. The summed E-state index contributed by atoms with van der Waals surface area (Å²) < 4.78 is 1.93. The summed E-state index contributed by atoms with van der Waals surface area (Å²) in [5.41, 5.74) is 4.96. The Balaban J connectivity index is 1.64. The molecule has 0 fully saturated rings. The fraction of sp³-hybridized carbons (Fsp3) is 0.167. The van der Waals surface area contributed by atoms with Crippen molar-refractivity contribution in [1.82, 2.24) is 9.78 Å². The zero-order valence-corrected chi connectivity index (χ0v) is 12.2. The molecule has 0 saturated carbocycles. The van der Waals surface area contributed by atoms with Crippen molar-refractivity contribution in [3.05, 3.63) is 83.7 Å². The van der Waals surface area contributed by atoms with Crippen molar-refractivity contribution in [3.63, 3.8) is 0 Å². The zero-order valence-electron chi connectivity index (χ0n) is 12.2. The molecule has 0 atom stereocenters. The van der Waals surface area contributed by atoms with E-state index in [9.17, 15) is 0 Å². The molecule has 0 aliphatic heterocycles. The Morgan fingerprint density at radius 3 is 2.62 bits per heavy atom. The minimum Gasteiger partial charge on any atom is -0.381 e. The quantitative estimate of drug-likeness (QED) is 0.767. The van der Waals surface area contributed by atoms with Gasteiger partial charge in [-0.1, -0.05) is 42.0 Å². The van der Waals surface area contributed by atoms with Crippen LogP contribution in [0.2, 0.25) is 0 Å². The van der Waals surface area contributed by atoms with Gasteiger partial charge in [0.05, 0.1) is 6.54 Å². The molecule has 106 valence electrons. The van der Waals surface area contributed by atoms with E-state index in [0.717, 1.165) is 18.8 Å². The average Bonchev–Trinajstić information content (AvgIpc) is 3.00. The third-order valence-electron chi connectivity index (χ3n) is 3.45. The third kappa shape index (κ3) is 3.72. The van der Waals surface area contributed by atoms with Crippen LogP contribution in [0, 0.1) is 6.92 Å². The van der Waals surface area contributed by atoms with Gasteiger partial charge in [0.1, 0.15) is 0 Å². The van der Waals surface area contributed by atoms with Gasteiger partial charge in [0.25, 0.3) is 0 Å². The van der Waals surface area contributed by atoms with Crippen LogP contribution >= 0.6 is 0 Å². The van der Waals surface area contributed by atoms with E-state index in [2.05, 4.69) is 65.9 Å². The minimum absolute atomic E-state index is 0.799. The lowest BCUT2D eigenvalue weighted by Gasteiger charge is -2.09. The van der Waals surface area contributed by atoms with E-state index in [0.29, 0.717) is 0 Å². The molecule has 3 heteroatoms. The van der Waals surface area contributed by atoms with Gasteiger partial charge in [-0.2, -0.15) is 5.10 Å². The number of anilines is 1. The van der Waals surface area contributed by atoms with Crippen LogP contribution in [0.25, 0.3) is 0 Å². The van der Waals surface area contributed by atoms with Gasteiger partial charge in [-0.05, 0) is 36.2 Å². The minimum atomic E-state index is 0.799. The molecular formula is C18H19N3. The Labute approximate surface area is 125 Å². The second-order valence-electron chi connectivity index (χ2n) is 5.24. The number of nitrogens with zero attached hydrogens (tertiary/aromatic N) is 2. The first-order valence-electron chi connectivity index (χ1n) is 7.15. The molecule has 3 aromatic rings. The van der Waals surface area contributed by atoms with E-state index in [-0.39, 0.29) is 0 Å². The van der Waals surface area contributed by atoms with Crippen LogP contribution in [0.3, 0.4) is 0 Å². The Kier molecular flexibility index (Phi) is 4.01. The van der Waals surface area contributed by atoms with Crippen molar-refractivity contribution < 1.29 is 0 Å². The lowest BCUT2D eigenvalue weighted by atomic mass is 10.1. The number of nitrogens with one attached hydrogen (secondary N) is 1. The summed E-state index contributed by atoms with van der Waals surface area (Å²) in [5.74, 6) is 0. The molecular weight excluding hydrogens is 258 g/mol. The molecule has 3 nitrogen and oxygen atoms in total. The van der Waals surface area contributed by atoms with E-state index in [4.69, 9.17) is 0 Å². The summed E-state index contributed by atoms with van der Waals surface area (Å²) in [4.78, 5) is 0. The standard InChI is InChI=1S/C18H19N3/c1-15-6-8-16(9-7-15)13-19-18-5-2-4-17(12-18)14-21-11-3-10-20-21/h2-12,19H,13-14H2,1H3. The molecule has 2 aromatic carbocycles. The molecule has 0 unspecified atom stereocenters. The predicted octanol–water partition coefficient (Wildman–Crippen LogP) is 3.85. The molecule has 0 amide bonds. The Bertz CT molecular complexity index is 685. The first-order chi connectivity index (χ1) is 10.3. The van der Waals surface area contributed by atoms with Crippen molar-refractivity contribution in [2.75, 3.05) is 5.32 Å². The van der Waals surface area contributed by atoms with Crippen molar-refractivity contribution in [3.8, 4) is 0 Å². The van der Waals surface area contributed by atoms with Gasteiger partial charge >= 0.3 is 0 Å². The monoisotopic (exact) mass is 277 g/mol. The maximum absolute atomic E-state index is 4.24. The van der Waals surface area contributed by atoms with E-state index in [1.54, 1.807) is 6.20 Å². The van der Waals surface area contributed by atoms with Crippen LogP contribution in [0.5, 0.6) is 0 Å². The highest BCUT2D eigenvalue weighted by Gasteiger charge is 1.98. The van der Waals surface area contributed by atoms with Crippen molar-refractivity contribution in [2.24, 2.45) is 0 Å². The highest BCUT2D eigenvalue weighted by Crippen LogP contribution is 2.13. The van der Waals surface area contributed by atoms with E-state index < -0.39 is 0 Å². The lowest BCUT2D eigenvalue weighted by Crippen LogP contribution is -2.02. The maximum atomic E-state index is 4.24. The summed E-state index contributed by atoms with van der Waals surface area (Å²) >= 11 is 0. The number of hydrogen-bond donors (Lipinski definition) is 1. The number of rotatable bonds is 5. The van der Waals surface area contributed by atoms with Gasteiger partial charge in [0.15, 0.2) is 0 Å². The van der Waals surface area contributed by atoms with Gasteiger partial charge in [0.2, 0.25) is 0 Å². The van der Waals surface area contributed by atoms with Crippen molar-refractivity contribution in [1.29, 1.82) is 0 Å². The van der Waals surface area contributed by atoms with Gasteiger partial charge in [-0.3, -0.25) is 4.68 Å². The fourth-order valence-corrected chi connectivity index (χ4v) is 2.27. The molecule has 0 aliphatic carbocycles. The van der Waals surface area contributed by atoms with E-state index >= 15 is 0 Å². The van der Waals surface area contributed by atoms with Crippen LogP contribution < -0.4 is 5.32 Å². The molecule has 1 heterocycles. The van der Waals surface area contributed by atoms with E-state index in [1.807, 2.05) is 16.9 Å². The van der Waals surface area contributed by atoms with Crippen molar-refractivity contribution >= 4 is 5.69 Å². The molecule has 1 N–H and O–H groups in total.